The maximum absolute atomic E-state index is 6.36. The molecule has 0 bridgehead atoms. The molecule has 0 unspecified atom stereocenters. The lowest BCUT2D eigenvalue weighted by molar-refractivity contribution is -0.0452. The Morgan fingerprint density at radius 1 is 1.28 bits per heavy atom. The Morgan fingerprint density at radius 3 is 2.80 bits per heavy atom. The molecule has 2 saturated heterocycles. The Kier molecular flexibility index (Phi) is 5.17. The molecule has 3 heterocycles. The van der Waals surface area contributed by atoms with E-state index in [4.69, 9.17) is 4.74 Å². The number of benzene rings is 1. The number of thiazole rings is 1. The molecule has 1 spiro atoms. The molecule has 1 aromatic heterocycles. The van der Waals surface area contributed by atoms with Gasteiger partial charge in [-0.15, -0.1) is 11.3 Å². The van der Waals surface area contributed by atoms with Gasteiger partial charge in [-0.25, -0.2) is 4.98 Å². The fraction of sp³-hybridized carbons (Fsp3) is 0.550. The Balaban J connectivity index is 1.28. The molecule has 1 aromatic carbocycles. The molecular weight excluding hydrogens is 330 g/mol. The molecule has 134 valence electrons. The molecule has 2 aromatic rings. The Bertz CT molecular complexity index is 653. The van der Waals surface area contributed by atoms with Crippen LogP contribution in [0.5, 0.6) is 0 Å². The zero-order valence-corrected chi connectivity index (χ0v) is 15.8. The summed E-state index contributed by atoms with van der Waals surface area (Å²) in [5.41, 5.74) is 1.49. The first-order valence-corrected chi connectivity index (χ1v) is 10.1. The van der Waals surface area contributed by atoms with Crippen LogP contribution in [0.3, 0.4) is 0 Å². The van der Waals surface area contributed by atoms with Crippen molar-refractivity contribution in [3.8, 4) is 0 Å². The van der Waals surface area contributed by atoms with E-state index in [1.807, 2.05) is 6.20 Å². The molecule has 0 radical (unpaired) electrons. The van der Waals surface area contributed by atoms with Gasteiger partial charge in [0, 0.05) is 37.3 Å². The van der Waals surface area contributed by atoms with E-state index in [-0.39, 0.29) is 5.60 Å². The van der Waals surface area contributed by atoms with E-state index in [1.165, 1.54) is 17.0 Å². The van der Waals surface area contributed by atoms with Crippen molar-refractivity contribution in [1.82, 2.24) is 14.8 Å². The highest BCUT2D eigenvalue weighted by molar-refractivity contribution is 7.09. The fourth-order valence-corrected chi connectivity index (χ4v) is 4.75. The van der Waals surface area contributed by atoms with Crippen LogP contribution in [0.1, 0.15) is 29.8 Å². The summed E-state index contributed by atoms with van der Waals surface area (Å²) >= 11 is 1.75. The minimum absolute atomic E-state index is 0.106. The van der Waals surface area contributed by atoms with Gasteiger partial charge < -0.3 is 4.74 Å². The van der Waals surface area contributed by atoms with Crippen molar-refractivity contribution in [3.05, 3.63) is 52.5 Å². The van der Waals surface area contributed by atoms with Crippen molar-refractivity contribution in [2.45, 2.75) is 44.0 Å². The Morgan fingerprint density at radius 2 is 2.08 bits per heavy atom. The number of hydrogen-bond acceptors (Lipinski definition) is 5. The van der Waals surface area contributed by atoms with Crippen LogP contribution in [0.2, 0.25) is 0 Å². The number of ether oxygens (including phenoxy) is 1. The summed E-state index contributed by atoms with van der Waals surface area (Å²) in [5, 5.41) is 3.29. The molecule has 0 aliphatic carbocycles. The molecule has 0 saturated carbocycles. The summed E-state index contributed by atoms with van der Waals surface area (Å²) in [7, 11) is 2.23. The maximum atomic E-state index is 6.36. The lowest BCUT2D eigenvalue weighted by atomic mass is 9.87. The van der Waals surface area contributed by atoms with Gasteiger partial charge in [-0.1, -0.05) is 30.3 Å². The molecule has 4 rings (SSSR count). The van der Waals surface area contributed by atoms with Crippen molar-refractivity contribution in [1.29, 1.82) is 0 Å². The molecule has 2 aliphatic heterocycles. The number of hydrogen-bond donors (Lipinski definition) is 0. The van der Waals surface area contributed by atoms with Gasteiger partial charge in [0.25, 0.3) is 0 Å². The number of likely N-dealkylation sites (N-methyl/N-ethyl adjacent to an activating group) is 1. The van der Waals surface area contributed by atoms with Gasteiger partial charge in [-0.05, 0) is 31.9 Å². The Hall–Kier alpha value is -1.27. The van der Waals surface area contributed by atoms with Crippen molar-refractivity contribution in [2.75, 3.05) is 26.7 Å². The second-order valence-corrected chi connectivity index (χ2v) is 8.43. The number of nitrogens with zero attached hydrogens (tertiary/aromatic N) is 3. The molecule has 2 aliphatic rings. The predicted octanol–water partition coefficient (Wildman–Crippen LogP) is 3.40. The highest BCUT2D eigenvalue weighted by atomic mass is 32.1. The van der Waals surface area contributed by atoms with Crippen LogP contribution in [-0.2, 0) is 17.8 Å². The van der Waals surface area contributed by atoms with E-state index < -0.39 is 0 Å². The minimum atomic E-state index is 0.106. The van der Waals surface area contributed by atoms with Crippen LogP contribution in [0.25, 0.3) is 0 Å². The average Bonchev–Trinajstić information content (AvgIpc) is 3.29. The van der Waals surface area contributed by atoms with Gasteiger partial charge in [0.2, 0.25) is 0 Å². The number of likely N-dealkylation sites (tertiary alicyclic amines) is 1. The maximum Gasteiger partial charge on any atom is 0.107 e. The third-order valence-corrected chi connectivity index (χ3v) is 6.46. The summed E-state index contributed by atoms with van der Waals surface area (Å²) in [4.78, 5) is 9.40. The van der Waals surface area contributed by atoms with Gasteiger partial charge in [0.1, 0.15) is 5.01 Å². The lowest BCUT2D eigenvalue weighted by Gasteiger charge is -2.38. The predicted molar refractivity (Wildman–Crippen MR) is 102 cm³/mol. The van der Waals surface area contributed by atoms with Crippen LogP contribution in [0.4, 0.5) is 0 Å². The molecular formula is C20H27N3OS. The first-order valence-electron chi connectivity index (χ1n) is 9.21. The molecule has 25 heavy (non-hydrogen) atoms. The molecule has 0 N–H and O–H groups in total. The molecule has 2 fully saturated rings. The lowest BCUT2D eigenvalue weighted by Crippen LogP contribution is -2.44. The highest BCUT2D eigenvalue weighted by Crippen LogP contribution is 2.38. The highest BCUT2D eigenvalue weighted by Gasteiger charge is 2.43. The van der Waals surface area contributed by atoms with E-state index in [2.05, 4.69) is 57.5 Å². The standard InChI is InChI=1S/C20H27N3OS/c1-22(14-17-5-3-2-4-6-17)18-13-20(24-16-18)7-10-23(11-8-20)15-19-21-9-12-25-19/h2-6,9,12,18H,7-8,10-11,13-16H2,1H3/t18-/m1/s1. The van der Waals surface area contributed by atoms with Crippen molar-refractivity contribution >= 4 is 11.3 Å². The van der Waals surface area contributed by atoms with Crippen LogP contribution in [0.15, 0.2) is 41.9 Å². The van der Waals surface area contributed by atoms with Gasteiger partial charge in [0.05, 0.1) is 18.8 Å². The number of aromatic nitrogens is 1. The number of piperidine rings is 1. The largest absolute Gasteiger partial charge is 0.373 e. The van der Waals surface area contributed by atoms with E-state index in [0.717, 1.165) is 45.6 Å². The third-order valence-electron chi connectivity index (χ3n) is 5.70. The Labute approximate surface area is 154 Å². The first-order chi connectivity index (χ1) is 12.2. The first kappa shape index (κ1) is 17.2. The van der Waals surface area contributed by atoms with Gasteiger partial charge in [0.15, 0.2) is 0 Å². The normalized spacial score (nSPS) is 23.5. The van der Waals surface area contributed by atoms with Crippen LogP contribution < -0.4 is 0 Å². The van der Waals surface area contributed by atoms with Gasteiger partial charge >= 0.3 is 0 Å². The zero-order chi connectivity index (χ0) is 17.1. The van der Waals surface area contributed by atoms with Crippen molar-refractivity contribution < 1.29 is 4.74 Å². The second kappa shape index (κ2) is 7.54. The topological polar surface area (TPSA) is 28.6 Å². The zero-order valence-electron chi connectivity index (χ0n) is 14.9. The third kappa shape index (κ3) is 4.11. The monoisotopic (exact) mass is 357 g/mol. The van der Waals surface area contributed by atoms with Crippen LogP contribution in [0, 0.1) is 0 Å². The van der Waals surface area contributed by atoms with Crippen LogP contribution >= 0.6 is 11.3 Å². The SMILES string of the molecule is CN(Cc1ccccc1)[C@H]1COC2(CCN(Cc3nccs3)CC2)C1. The molecule has 0 amide bonds. The van der Waals surface area contributed by atoms with Gasteiger partial charge in [-0.3, -0.25) is 9.80 Å². The summed E-state index contributed by atoms with van der Waals surface area (Å²) < 4.78 is 6.36. The summed E-state index contributed by atoms with van der Waals surface area (Å²) in [6.45, 7) is 5.10. The van der Waals surface area contributed by atoms with E-state index >= 15 is 0 Å². The molecule has 1 atom stereocenters. The second-order valence-electron chi connectivity index (χ2n) is 7.45. The van der Waals surface area contributed by atoms with E-state index in [0.29, 0.717) is 6.04 Å². The van der Waals surface area contributed by atoms with Gasteiger partial charge in [-0.2, -0.15) is 0 Å². The summed E-state index contributed by atoms with van der Waals surface area (Å²) in [6.07, 6.45) is 5.36. The van der Waals surface area contributed by atoms with Crippen LogP contribution in [-0.4, -0.2) is 53.2 Å². The van der Waals surface area contributed by atoms with Crippen molar-refractivity contribution in [3.63, 3.8) is 0 Å². The molecule has 5 heteroatoms. The quantitative estimate of drug-likeness (QED) is 0.820. The molecule has 4 nitrogen and oxygen atoms in total. The average molecular weight is 358 g/mol. The van der Waals surface area contributed by atoms with E-state index in [9.17, 15) is 0 Å². The van der Waals surface area contributed by atoms with Crippen molar-refractivity contribution in [2.24, 2.45) is 0 Å². The fourth-order valence-electron chi connectivity index (χ4n) is 4.09. The number of rotatable bonds is 5. The van der Waals surface area contributed by atoms with E-state index in [1.54, 1.807) is 11.3 Å². The summed E-state index contributed by atoms with van der Waals surface area (Å²) in [6, 6.07) is 11.3. The smallest absolute Gasteiger partial charge is 0.107 e. The minimum Gasteiger partial charge on any atom is -0.373 e. The summed E-state index contributed by atoms with van der Waals surface area (Å²) in [5.74, 6) is 0.